The summed E-state index contributed by atoms with van der Waals surface area (Å²) in [4.78, 5) is 5.30. The summed E-state index contributed by atoms with van der Waals surface area (Å²) < 4.78 is 0. The third-order valence-corrected chi connectivity index (χ3v) is 9.36. The molecule has 1 atom stereocenters. The van der Waals surface area contributed by atoms with Crippen molar-refractivity contribution in [1.29, 1.82) is 0 Å². The van der Waals surface area contributed by atoms with Gasteiger partial charge in [0.2, 0.25) is 0 Å². The van der Waals surface area contributed by atoms with E-state index in [-0.39, 0.29) is 0 Å². The van der Waals surface area contributed by atoms with E-state index in [9.17, 15) is 0 Å². The monoisotopic (exact) mass is 646 g/mol. The third-order valence-electron chi connectivity index (χ3n) is 9.36. The van der Waals surface area contributed by atoms with E-state index in [1.807, 2.05) is 0 Å². The van der Waals surface area contributed by atoms with Crippen molar-refractivity contribution in [2.24, 2.45) is 5.73 Å². The van der Waals surface area contributed by atoms with E-state index in [0.29, 0.717) is 6.17 Å². The summed E-state index contributed by atoms with van der Waals surface area (Å²) in [5, 5.41) is 4.05. The fraction of sp³-hybridized carbons (Fsp3) is 0.455. The van der Waals surface area contributed by atoms with Crippen LogP contribution in [-0.4, -0.2) is 35.6 Å². The van der Waals surface area contributed by atoms with Crippen LogP contribution in [0.5, 0.6) is 0 Å². The molecular formula is C44H62N4. The first-order valence-electron chi connectivity index (χ1n) is 18.9. The predicted molar refractivity (Wildman–Crippen MR) is 205 cm³/mol. The van der Waals surface area contributed by atoms with Crippen LogP contribution in [-0.2, 0) is 26.2 Å². The Hall–Kier alpha value is -3.28. The van der Waals surface area contributed by atoms with Crippen molar-refractivity contribution < 1.29 is 0 Å². The van der Waals surface area contributed by atoms with Crippen LogP contribution in [0.15, 0.2) is 121 Å². The first kappa shape index (κ1) is 37.5. The van der Waals surface area contributed by atoms with E-state index in [1.54, 1.807) is 0 Å². The van der Waals surface area contributed by atoms with Gasteiger partial charge in [-0.1, -0.05) is 173 Å². The second-order valence-electron chi connectivity index (χ2n) is 13.5. The molecule has 3 N–H and O–H groups in total. The van der Waals surface area contributed by atoms with E-state index in [1.165, 1.54) is 92.9 Å². The summed E-state index contributed by atoms with van der Waals surface area (Å²) in [5.74, 6) is 0. The normalized spacial score (nSPS) is 12.1. The topological polar surface area (TPSA) is 44.5 Å². The smallest absolute Gasteiger partial charge is 0.0603 e. The highest BCUT2D eigenvalue weighted by atomic mass is 15.3. The van der Waals surface area contributed by atoms with Gasteiger partial charge in [-0.2, -0.15) is 0 Å². The fourth-order valence-corrected chi connectivity index (χ4v) is 6.67. The Morgan fingerprint density at radius 2 is 0.833 bits per heavy atom. The Kier molecular flexibility index (Phi) is 18.7. The van der Waals surface area contributed by atoms with Crippen molar-refractivity contribution in [3.05, 3.63) is 144 Å². The second-order valence-corrected chi connectivity index (χ2v) is 13.5. The lowest BCUT2D eigenvalue weighted by atomic mass is 10.1. The van der Waals surface area contributed by atoms with Crippen molar-refractivity contribution in [1.82, 2.24) is 15.1 Å². The van der Waals surface area contributed by atoms with E-state index < -0.39 is 0 Å². The van der Waals surface area contributed by atoms with Gasteiger partial charge in [0.25, 0.3) is 0 Å². The largest absolute Gasteiger partial charge is 0.330 e. The molecule has 0 aromatic heterocycles. The summed E-state index contributed by atoms with van der Waals surface area (Å²) in [6.07, 6.45) is 15.6. The zero-order valence-corrected chi connectivity index (χ0v) is 29.5. The summed E-state index contributed by atoms with van der Waals surface area (Å²) in [5.41, 5.74) is 11.2. The minimum absolute atomic E-state index is 0.353. The van der Waals surface area contributed by atoms with Gasteiger partial charge < -0.3 is 11.1 Å². The lowest BCUT2D eigenvalue weighted by Crippen LogP contribution is -2.45. The molecular weight excluding hydrogens is 585 g/mol. The second kappa shape index (κ2) is 23.9. The molecule has 0 aliphatic carbocycles. The van der Waals surface area contributed by atoms with Gasteiger partial charge in [-0.25, -0.2) is 0 Å². The summed E-state index contributed by atoms with van der Waals surface area (Å²) in [6, 6.07) is 43.9. The molecule has 0 saturated carbocycles. The molecule has 4 heteroatoms. The first-order valence-corrected chi connectivity index (χ1v) is 18.9. The van der Waals surface area contributed by atoms with E-state index >= 15 is 0 Å². The minimum atomic E-state index is 0.353. The van der Waals surface area contributed by atoms with Gasteiger partial charge in [-0.3, -0.25) is 9.80 Å². The first-order chi connectivity index (χ1) is 23.8. The number of nitrogens with zero attached hydrogens (tertiary/aromatic N) is 2. The van der Waals surface area contributed by atoms with Crippen LogP contribution in [0, 0.1) is 0 Å². The lowest BCUT2D eigenvalue weighted by molar-refractivity contribution is 0.134. The Balaban J connectivity index is 1.32. The number of benzene rings is 4. The van der Waals surface area contributed by atoms with Crippen LogP contribution < -0.4 is 11.1 Å². The van der Waals surface area contributed by atoms with E-state index in [2.05, 4.69) is 136 Å². The van der Waals surface area contributed by atoms with Crippen LogP contribution in [0.4, 0.5) is 0 Å². The molecule has 1 unspecified atom stereocenters. The molecule has 0 aliphatic rings. The number of unbranched alkanes of at least 4 members (excludes halogenated alkanes) is 9. The average molecular weight is 647 g/mol. The summed E-state index contributed by atoms with van der Waals surface area (Å²) in [6.45, 7) is 6.94. The number of hydrogen-bond donors (Lipinski definition) is 2. The SMILES string of the molecule is NCCCCCCCCCCNC(CCCCCN(Cc1ccccc1)Cc1ccccc1)N(Cc1ccccc1)Cc1ccccc1. The standard InChI is InChI=1S/C44H62N4/c45-33-21-5-3-1-2-4-6-22-34-46-44(48(38-42-28-16-9-17-29-42)39-43-30-18-10-19-31-43)32-20-11-23-35-47(36-40-24-12-7-13-25-40)37-41-26-14-8-15-27-41/h7-10,12-19,24-31,44,46H,1-6,11,20-23,32-39,45H2. The van der Waals surface area contributed by atoms with E-state index in [0.717, 1.165) is 52.2 Å². The maximum absolute atomic E-state index is 5.65. The molecule has 4 aromatic rings. The van der Waals surface area contributed by atoms with Gasteiger partial charge in [0.1, 0.15) is 0 Å². The molecule has 0 radical (unpaired) electrons. The number of nitrogens with one attached hydrogen (secondary N) is 1. The van der Waals surface area contributed by atoms with Crippen LogP contribution in [0.1, 0.15) is 99.3 Å². The van der Waals surface area contributed by atoms with Crippen LogP contribution in [0.2, 0.25) is 0 Å². The third kappa shape index (κ3) is 15.7. The maximum atomic E-state index is 5.65. The molecule has 4 aromatic carbocycles. The van der Waals surface area contributed by atoms with Crippen molar-refractivity contribution in [2.75, 3.05) is 19.6 Å². The lowest BCUT2D eigenvalue weighted by Gasteiger charge is -2.33. The van der Waals surface area contributed by atoms with Crippen molar-refractivity contribution in [3.8, 4) is 0 Å². The number of rotatable bonds is 26. The molecule has 0 spiro atoms. The Morgan fingerprint density at radius 1 is 0.438 bits per heavy atom. The fourth-order valence-electron chi connectivity index (χ4n) is 6.67. The van der Waals surface area contributed by atoms with Crippen molar-refractivity contribution in [3.63, 3.8) is 0 Å². The molecule has 258 valence electrons. The molecule has 0 saturated heterocycles. The highest BCUT2D eigenvalue weighted by Gasteiger charge is 2.19. The zero-order chi connectivity index (χ0) is 33.3. The van der Waals surface area contributed by atoms with Crippen molar-refractivity contribution >= 4 is 0 Å². The maximum Gasteiger partial charge on any atom is 0.0603 e. The quantitative estimate of drug-likeness (QED) is 0.0527. The van der Waals surface area contributed by atoms with Gasteiger partial charge in [-0.05, 0) is 67.6 Å². The van der Waals surface area contributed by atoms with Crippen molar-refractivity contribution in [2.45, 2.75) is 109 Å². The summed E-state index contributed by atoms with van der Waals surface area (Å²) >= 11 is 0. The van der Waals surface area contributed by atoms with Gasteiger partial charge in [0, 0.05) is 26.2 Å². The molecule has 0 amide bonds. The van der Waals surface area contributed by atoms with Gasteiger partial charge in [-0.15, -0.1) is 0 Å². The molecule has 4 rings (SSSR count). The average Bonchev–Trinajstić information content (AvgIpc) is 3.13. The molecule has 0 bridgehead atoms. The van der Waals surface area contributed by atoms with Gasteiger partial charge in [0.15, 0.2) is 0 Å². The van der Waals surface area contributed by atoms with Crippen LogP contribution >= 0.6 is 0 Å². The highest BCUT2D eigenvalue weighted by molar-refractivity contribution is 5.18. The van der Waals surface area contributed by atoms with Crippen LogP contribution in [0.25, 0.3) is 0 Å². The molecule has 4 nitrogen and oxygen atoms in total. The Morgan fingerprint density at radius 3 is 1.29 bits per heavy atom. The van der Waals surface area contributed by atoms with Gasteiger partial charge >= 0.3 is 0 Å². The molecule has 0 aliphatic heterocycles. The molecule has 0 heterocycles. The Labute approximate surface area is 292 Å². The highest BCUT2D eigenvalue weighted by Crippen LogP contribution is 2.18. The van der Waals surface area contributed by atoms with Crippen LogP contribution in [0.3, 0.4) is 0 Å². The molecule has 48 heavy (non-hydrogen) atoms. The summed E-state index contributed by atoms with van der Waals surface area (Å²) in [7, 11) is 0. The van der Waals surface area contributed by atoms with Gasteiger partial charge in [0.05, 0.1) is 6.17 Å². The number of hydrogen-bond acceptors (Lipinski definition) is 4. The molecule has 0 fully saturated rings. The van der Waals surface area contributed by atoms with E-state index in [4.69, 9.17) is 5.73 Å². The minimum Gasteiger partial charge on any atom is -0.330 e. The Bertz CT molecular complexity index is 1220. The predicted octanol–water partition coefficient (Wildman–Crippen LogP) is 9.95. The number of nitrogens with two attached hydrogens (primary N) is 1. The zero-order valence-electron chi connectivity index (χ0n) is 29.5.